The number of carbonyl (C=O) groups excluding carboxylic acids is 14. The number of ketones is 4. The highest BCUT2D eigenvalue weighted by molar-refractivity contribution is 6.61. The second kappa shape index (κ2) is 75.4. The summed E-state index contributed by atoms with van der Waals surface area (Å²) in [5, 5.41) is 31.6. The van der Waals surface area contributed by atoms with Crippen molar-refractivity contribution in [3.63, 3.8) is 0 Å². The SMILES string of the molecule is C=CC(=O)OCC(CO)(COC(=O)C=C)C(=O)C=C.C=CC(=O)OCC(COC(=O)C=C)(COC(=O)C=C)C(=O)C=C.C=CC(=O)OCC(COC(=O)C=C)(COC(=O)C=C)C(=O)CCNCNCCC[Si](OC)(OC)OC.C=CC(=O)OCC1(CO)COC(=O)/C=C\CCCNCCC1=O.CO[Si](CCCN)(OC)OC.CO[Si](CCCNCCN)(OC)OC. The number of aliphatic hydroxyl groups excluding tert-OH is 2. The molecule has 0 saturated heterocycles. The molecule has 0 aromatic rings. The number of rotatable bonds is 61. The van der Waals surface area contributed by atoms with Crippen LogP contribution in [-0.4, -0.2) is 322 Å². The van der Waals surface area contributed by atoms with Gasteiger partial charge in [0.05, 0.1) is 13.2 Å². The number of ether oxygens (including phenoxy) is 10. The molecule has 126 heavy (non-hydrogen) atoms. The summed E-state index contributed by atoms with van der Waals surface area (Å²) >= 11 is 0. The molecular formula is C82H134N6O35Si3. The second-order valence-electron chi connectivity index (χ2n) is 25.8. The maximum absolute atomic E-state index is 13.2. The molecule has 0 fully saturated rings. The van der Waals surface area contributed by atoms with Crippen LogP contribution in [0.3, 0.4) is 0 Å². The summed E-state index contributed by atoms with van der Waals surface area (Å²) < 4.78 is 96.7. The number of allylic oxidation sites excluding steroid dienone is 3. The van der Waals surface area contributed by atoms with Gasteiger partial charge in [0.2, 0.25) is 0 Å². The number of nitrogens with two attached hydrogens (primary N) is 2. The molecular weight excluding hydrogens is 1710 g/mol. The molecule has 44 heteroatoms. The lowest BCUT2D eigenvalue weighted by molar-refractivity contribution is -0.163. The van der Waals surface area contributed by atoms with Gasteiger partial charge in [0.25, 0.3) is 0 Å². The van der Waals surface area contributed by atoms with Crippen LogP contribution in [-0.2, 0) is 154 Å². The number of aliphatic hydroxyl groups is 2. The minimum absolute atomic E-state index is 0.0301. The van der Waals surface area contributed by atoms with Crippen LogP contribution >= 0.6 is 0 Å². The van der Waals surface area contributed by atoms with Gasteiger partial charge in [0.1, 0.15) is 93.5 Å². The van der Waals surface area contributed by atoms with Gasteiger partial charge < -0.3 is 130 Å². The van der Waals surface area contributed by atoms with E-state index >= 15 is 0 Å². The highest BCUT2D eigenvalue weighted by Crippen LogP contribution is 2.27. The lowest BCUT2D eigenvalue weighted by Gasteiger charge is -2.30. The summed E-state index contributed by atoms with van der Waals surface area (Å²) in [4.78, 5) is 163. The molecule has 0 radical (unpaired) electrons. The molecule has 0 spiro atoms. The van der Waals surface area contributed by atoms with Gasteiger partial charge in [0, 0.05) is 189 Å². The van der Waals surface area contributed by atoms with E-state index in [1.807, 2.05) is 0 Å². The molecule has 0 aliphatic carbocycles. The van der Waals surface area contributed by atoms with Crippen molar-refractivity contribution < 1.29 is 165 Å². The van der Waals surface area contributed by atoms with E-state index in [1.165, 1.54) is 6.08 Å². The summed E-state index contributed by atoms with van der Waals surface area (Å²) in [6.45, 7) is 35.6. The van der Waals surface area contributed by atoms with Crippen molar-refractivity contribution in [2.24, 2.45) is 33.1 Å². The van der Waals surface area contributed by atoms with Gasteiger partial charge in [-0.25, -0.2) is 47.9 Å². The predicted octanol–water partition coefficient (Wildman–Crippen LogP) is 1.77. The normalized spacial score (nSPS) is 13.6. The molecule has 0 aromatic heterocycles. The van der Waals surface area contributed by atoms with Crippen molar-refractivity contribution in [2.45, 2.75) is 63.1 Å². The van der Waals surface area contributed by atoms with Gasteiger partial charge in [-0.3, -0.25) is 19.2 Å². The van der Waals surface area contributed by atoms with E-state index < -0.39 is 191 Å². The Morgan fingerprint density at radius 2 is 0.762 bits per heavy atom. The Hall–Kier alpha value is -9.77. The van der Waals surface area contributed by atoms with Crippen LogP contribution in [0, 0.1) is 21.7 Å². The van der Waals surface area contributed by atoms with Crippen LogP contribution in [0.1, 0.15) is 44.9 Å². The number of carbonyl (C=O) groups is 14. The zero-order valence-electron chi connectivity index (χ0n) is 74.2. The Morgan fingerprint density at radius 3 is 1.09 bits per heavy atom. The first-order valence-corrected chi connectivity index (χ1v) is 44.6. The lowest BCUT2D eigenvalue weighted by atomic mass is 9.84. The molecule has 1 unspecified atom stereocenters. The van der Waals surface area contributed by atoms with E-state index in [9.17, 15) is 77.3 Å². The van der Waals surface area contributed by atoms with E-state index in [0.29, 0.717) is 45.4 Å². The van der Waals surface area contributed by atoms with Crippen molar-refractivity contribution in [1.29, 1.82) is 0 Å². The van der Waals surface area contributed by atoms with Crippen LogP contribution in [0.5, 0.6) is 0 Å². The Kier molecular flexibility index (Phi) is 74.6. The molecule has 714 valence electrons. The molecule has 0 saturated carbocycles. The molecule has 1 heterocycles. The maximum atomic E-state index is 13.2. The first-order chi connectivity index (χ1) is 60.0. The average Bonchev–Trinajstić information content (AvgIpc) is 0.877. The van der Waals surface area contributed by atoms with Gasteiger partial charge in [-0.05, 0) is 70.4 Å². The first kappa shape index (κ1) is 125. The van der Waals surface area contributed by atoms with Crippen molar-refractivity contribution in [3.8, 4) is 0 Å². The number of hydrogen-bond donors (Lipinski definition) is 8. The number of esters is 10. The summed E-state index contributed by atoms with van der Waals surface area (Å²) in [6.07, 6.45) is 17.4. The molecule has 1 aliphatic heterocycles. The van der Waals surface area contributed by atoms with Crippen molar-refractivity contribution in [2.75, 3.05) is 202 Å². The van der Waals surface area contributed by atoms with E-state index in [2.05, 4.69) is 93.6 Å². The topological polar surface area (TPSA) is 555 Å². The largest absolute Gasteiger partial charge is 0.500 e. The fraction of sp³-hybridized carbons (Fsp3) is 0.537. The van der Waals surface area contributed by atoms with E-state index in [-0.39, 0.29) is 38.4 Å². The predicted molar refractivity (Wildman–Crippen MR) is 467 cm³/mol. The van der Waals surface area contributed by atoms with Gasteiger partial charge in [-0.2, -0.15) is 0 Å². The Labute approximate surface area is 741 Å². The summed E-state index contributed by atoms with van der Waals surface area (Å²) in [5.41, 5.74) is 4.42. The quantitative estimate of drug-likeness (QED) is 0.0107. The molecule has 10 N–H and O–H groups in total. The van der Waals surface area contributed by atoms with Gasteiger partial charge in [-0.1, -0.05) is 78.4 Å². The number of Topliss-reactive ketones (excluding diaryl/α,β-unsaturated/α-hetero) is 2. The summed E-state index contributed by atoms with van der Waals surface area (Å²) in [6, 6.07) is 2.25. The molecule has 0 aromatic carbocycles. The van der Waals surface area contributed by atoms with Gasteiger partial charge >= 0.3 is 86.1 Å². The summed E-state index contributed by atoms with van der Waals surface area (Å²) in [5.74, 6) is -9.61. The van der Waals surface area contributed by atoms with Crippen LogP contribution in [0.15, 0.2) is 151 Å². The third-order valence-electron chi connectivity index (χ3n) is 17.4. The van der Waals surface area contributed by atoms with E-state index in [0.717, 1.165) is 124 Å². The second-order valence-corrected chi connectivity index (χ2v) is 35.1. The number of nitrogens with one attached hydrogen (secondary N) is 4. The molecule has 1 atom stereocenters. The van der Waals surface area contributed by atoms with Crippen LogP contribution in [0.25, 0.3) is 0 Å². The standard InChI is InChI=1S/C23H38N2O10Si.C16H23NO6.C16H18O7.C13H16O6.C8H22N2O3Si.C6H17NO3Si/c1-7-20(27)33-15-23(16-34-21(28)8-2,17-35-22(29)9-3)19(26)11-13-25-18-24-12-10-14-36(30-4,31-5)32-6;1-2-14(20)22-11-16(10-18)12-23-15(21)6-4-3-5-8-17-9-7-13(16)19;1-5-12(17)16(9-21-13(18)6-2,10-22-14(19)7-3)11-23-15(20)8-4;1-4-10(15)13(7-14,8-18-11(16)5-2)9-19-12(17)6-3;1-11-14(12-2,13-3)8-4-6-10-7-5-9;1-8-11(9-2,10-3)6-4-5-7/h7-9,24-25H,1-3,10-18H2,4-6H3;2,4,6,17-18H,1,3,5,7-12H2;5-8H,1-4,9-11H2;4-6,14H,1-3,7-9H2;10H,4-9H2,1-3H3;4-7H2,1-3H3/b;6-4-;;;;. The molecule has 1 aliphatic rings. The maximum Gasteiger partial charge on any atom is 0.500 e. The molecule has 41 nitrogen and oxygen atoms in total. The molecule has 0 amide bonds. The Bertz CT molecular complexity index is 3270. The number of hydrogen-bond acceptors (Lipinski definition) is 41. The zero-order valence-corrected chi connectivity index (χ0v) is 77.2. The monoisotopic (exact) mass is 1850 g/mol. The van der Waals surface area contributed by atoms with Crippen molar-refractivity contribution in [3.05, 3.63) is 151 Å². The highest BCUT2D eigenvalue weighted by atomic mass is 28.4. The third kappa shape index (κ3) is 53.6. The highest BCUT2D eigenvalue weighted by Gasteiger charge is 2.46. The average molecular weight is 1850 g/mol. The fourth-order valence-corrected chi connectivity index (χ4v) is 14.7. The van der Waals surface area contributed by atoms with E-state index in [1.54, 1.807) is 70.1 Å². The Morgan fingerprint density at radius 1 is 0.437 bits per heavy atom. The summed E-state index contributed by atoms with van der Waals surface area (Å²) in [7, 11) is 7.10. The van der Waals surface area contributed by atoms with E-state index in [4.69, 9.17) is 98.7 Å². The van der Waals surface area contributed by atoms with Gasteiger partial charge in [-0.15, -0.1) is 0 Å². The Balaban J connectivity index is -0.000000483. The molecule has 0 bridgehead atoms. The third-order valence-corrected chi connectivity index (χ3v) is 25.9. The zero-order chi connectivity index (χ0) is 97.0. The molecule has 1 rings (SSSR count). The van der Waals surface area contributed by atoms with Crippen molar-refractivity contribution >= 4 is 109 Å². The fourth-order valence-electron chi connectivity index (χ4n) is 9.47. The van der Waals surface area contributed by atoms with Crippen LogP contribution in [0.4, 0.5) is 0 Å². The van der Waals surface area contributed by atoms with Crippen molar-refractivity contribution in [1.82, 2.24) is 21.3 Å². The van der Waals surface area contributed by atoms with Gasteiger partial charge in [0.15, 0.2) is 17.3 Å². The van der Waals surface area contributed by atoms with Crippen LogP contribution in [0.2, 0.25) is 18.1 Å². The number of cyclic esters (lactones) is 1. The minimum atomic E-state index is -2.62. The minimum Gasteiger partial charge on any atom is -0.461 e. The first-order valence-electron chi connectivity index (χ1n) is 38.8. The van der Waals surface area contributed by atoms with Crippen LogP contribution < -0.4 is 32.7 Å². The lowest BCUT2D eigenvalue weighted by Crippen LogP contribution is -2.47. The smallest absolute Gasteiger partial charge is 0.461 e.